The fourth-order valence-electron chi connectivity index (χ4n) is 3.80. The molecule has 1 aromatic heterocycles. The van der Waals surface area contributed by atoms with Crippen molar-refractivity contribution in [2.45, 2.75) is 46.5 Å². The Labute approximate surface area is 162 Å². The summed E-state index contributed by atoms with van der Waals surface area (Å²) in [4.78, 5) is 26.2. The quantitative estimate of drug-likeness (QED) is 0.820. The second-order valence-corrected chi connectivity index (χ2v) is 7.47. The van der Waals surface area contributed by atoms with Crippen LogP contribution in [0.1, 0.15) is 50.8 Å². The van der Waals surface area contributed by atoms with Crippen LogP contribution < -0.4 is 4.90 Å². The molecule has 2 aromatic rings. The van der Waals surface area contributed by atoms with Crippen LogP contribution in [0.3, 0.4) is 0 Å². The van der Waals surface area contributed by atoms with Gasteiger partial charge in [-0.3, -0.25) is 4.79 Å². The van der Waals surface area contributed by atoms with Crippen molar-refractivity contribution in [3.63, 3.8) is 0 Å². The Kier molecular flexibility index (Phi) is 6.09. The third-order valence-electron chi connectivity index (χ3n) is 5.18. The average molecular weight is 367 g/mol. The molecule has 5 heteroatoms. The summed E-state index contributed by atoms with van der Waals surface area (Å²) in [5.41, 5.74) is 3.29. The molecule has 1 aromatic carbocycles. The molecule has 0 bridgehead atoms. The molecule has 1 fully saturated rings. The van der Waals surface area contributed by atoms with E-state index in [1.807, 2.05) is 30.0 Å². The van der Waals surface area contributed by atoms with E-state index in [1.54, 1.807) is 0 Å². The smallest absolute Gasteiger partial charge is 0.222 e. The van der Waals surface area contributed by atoms with Gasteiger partial charge in [0, 0.05) is 49.4 Å². The molecule has 0 spiro atoms. The van der Waals surface area contributed by atoms with E-state index in [9.17, 15) is 4.79 Å². The Morgan fingerprint density at radius 3 is 2.48 bits per heavy atom. The Morgan fingerprint density at radius 2 is 1.81 bits per heavy atom. The van der Waals surface area contributed by atoms with Crippen molar-refractivity contribution < 1.29 is 4.79 Å². The van der Waals surface area contributed by atoms with E-state index in [0.717, 1.165) is 55.5 Å². The number of rotatable bonds is 4. The van der Waals surface area contributed by atoms with E-state index < -0.39 is 0 Å². The number of amides is 1. The van der Waals surface area contributed by atoms with Gasteiger partial charge in [-0.05, 0) is 19.3 Å². The number of anilines is 1. The first-order valence-electron chi connectivity index (χ1n) is 9.98. The molecule has 0 radical (unpaired) electrons. The Bertz CT molecular complexity index is 788. The molecule has 0 N–H and O–H groups in total. The van der Waals surface area contributed by atoms with Gasteiger partial charge in [0.15, 0.2) is 5.82 Å². The van der Waals surface area contributed by atoms with E-state index in [4.69, 9.17) is 9.97 Å². The van der Waals surface area contributed by atoms with Crippen molar-refractivity contribution in [3.8, 4) is 11.4 Å². The van der Waals surface area contributed by atoms with E-state index in [-0.39, 0.29) is 5.91 Å². The van der Waals surface area contributed by atoms with Gasteiger partial charge >= 0.3 is 0 Å². The molecule has 1 aliphatic rings. The van der Waals surface area contributed by atoms with E-state index in [1.165, 1.54) is 5.56 Å². The van der Waals surface area contributed by atoms with Crippen molar-refractivity contribution in [1.82, 2.24) is 14.9 Å². The van der Waals surface area contributed by atoms with Crippen molar-refractivity contribution in [2.24, 2.45) is 0 Å². The molecule has 2 heterocycles. The fraction of sp³-hybridized carbons (Fsp3) is 0.500. The summed E-state index contributed by atoms with van der Waals surface area (Å²) in [7, 11) is 0. The van der Waals surface area contributed by atoms with Crippen LogP contribution in [0.25, 0.3) is 11.4 Å². The molecule has 0 atom stereocenters. The van der Waals surface area contributed by atoms with Gasteiger partial charge < -0.3 is 9.80 Å². The van der Waals surface area contributed by atoms with Gasteiger partial charge in [0.2, 0.25) is 5.91 Å². The minimum atomic E-state index is 0.241. The highest BCUT2D eigenvalue weighted by Gasteiger charge is 2.24. The number of aryl methyl sites for hydroxylation is 1. The maximum absolute atomic E-state index is 12.1. The molecule has 0 saturated carbocycles. The summed E-state index contributed by atoms with van der Waals surface area (Å²) in [6.45, 7) is 11.7. The van der Waals surface area contributed by atoms with Gasteiger partial charge in [-0.15, -0.1) is 0 Å². The number of hydrogen-bond donors (Lipinski definition) is 0. The fourth-order valence-corrected chi connectivity index (χ4v) is 3.80. The second kappa shape index (κ2) is 8.51. The van der Waals surface area contributed by atoms with Crippen LogP contribution >= 0.6 is 0 Å². The zero-order valence-corrected chi connectivity index (χ0v) is 16.9. The molecular weight excluding hydrogens is 336 g/mol. The number of carbonyl (C=O) groups is 1. The minimum absolute atomic E-state index is 0.241. The van der Waals surface area contributed by atoms with Crippen LogP contribution in [-0.4, -0.2) is 47.0 Å². The van der Waals surface area contributed by atoms with Crippen LogP contribution in [0.4, 0.5) is 5.82 Å². The first-order valence-corrected chi connectivity index (χ1v) is 9.98. The predicted molar refractivity (Wildman–Crippen MR) is 110 cm³/mol. The van der Waals surface area contributed by atoms with Crippen molar-refractivity contribution in [2.75, 3.05) is 31.1 Å². The predicted octanol–water partition coefficient (Wildman–Crippen LogP) is 4.02. The summed E-state index contributed by atoms with van der Waals surface area (Å²) in [6.07, 6.45) is 1.54. The van der Waals surface area contributed by atoms with Crippen LogP contribution in [0, 0.1) is 6.92 Å². The Morgan fingerprint density at radius 1 is 1.07 bits per heavy atom. The highest BCUT2D eigenvalue weighted by atomic mass is 16.2. The summed E-state index contributed by atoms with van der Waals surface area (Å²) in [6, 6.07) is 10.2. The maximum atomic E-state index is 12.1. The standard InChI is InChI=1S/C22H30N4O/c1-5-19(27)25-12-9-13-26(15-14-25)22-20(16(2)3)17(4)23-21(24-22)18-10-7-6-8-11-18/h6-8,10-11,16H,5,9,12-15H2,1-4H3. The lowest BCUT2D eigenvalue weighted by Crippen LogP contribution is -2.35. The molecule has 1 saturated heterocycles. The van der Waals surface area contributed by atoms with Gasteiger partial charge in [-0.2, -0.15) is 0 Å². The van der Waals surface area contributed by atoms with Gasteiger partial charge in [0.1, 0.15) is 5.82 Å². The zero-order chi connectivity index (χ0) is 19.4. The van der Waals surface area contributed by atoms with Gasteiger partial charge in [-0.25, -0.2) is 9.97 Å². The summed E-state index contributed by atoms with van der Waals surface area (Å²) in [5, 5.41) is 0. The van der Waals surface area contributed by atoms with E-state index >= 15 is 0 Å². The highest BCUT2D eigenvalue weighted by molar-refractivity contribution is 5.76. The van der Waals surface area contributed by atoms with Crippen LogP contribution in [0.15, 0.2) is 30.3 Å². The topological polar surface area (TPSA) is 49.3 Å². The monoisotopic (exact) mass is 366 g/mol. The van der Waals surface area contributed by atoms with Crippen LogP contribution in [-0.2, 0) is 4.79 Å². The van der Waals surface area contributed by atoms with Gasteiger partial charge in [0.05, 0.1) is 0 Å². The van der Waals surface area contributed by atoms with E-state index in [0.29, 0.717) is 12.3 Å². The Hall–Kier alpha value is -2.43. The summed E-state index contributed by atoms with van der Waals surface area (Å²) >= 11 is 0. The van der Waals surface area contributed by atoms with Gasteiger partial charge in [-0.1, -0.05) is 51.1 Å². The molecule has 144 valence electrons. The molecule has 5 nitrogen and oxygen atoms in total. The van der Waals surface area contributed by atoms with Crippen molar-refractivity contribution in [3.05, 3.63) is 41.6 Å². The largest absolute Gasteiger partial charge is 0.354 e. The third kappa shape index (κ3) is 4.29. The summed E-state index contributed by atoms with van der Waals surface area (Å²) in [5.74, 6) is 2.40. The Balaban J connectivity index is 1.97. The molecular formula is C22H30N4O. The first-order chi connectivity index (χ1) is 13.0. The average Bonchev–Trinajstić information content (AvgIpc) is 2.93. The number of nitrogens with zero attached hydrogens (tertiary/aromatic N) is 4. The normalized spacial score (nSPS) is 15.1. The number of hydrogen-bond acceptors (Lipinski definition) is 4. The van der Waals surface area contributed by atoms with Crippen molar-refractivity contribution in [1.29, 1.82) is 0 Å². The minimum Gasteiger partial charge on any atom is -0.354 e. The van der Waals surface area contributed by atoms with Gasteiger partial charge in [0.25, 0.3) is 0 Å². The maximum Gasteiger partial charge on any atom is 0.222 e. The number of aromatic nitrogens is 2. The second-order valence-electron chi connectivity index (χ2n) is 7.47. The first kappa shape index (κ1) is 19.3. The highest BCUT2D eigenvalue weighted by Crippen LogP contribution is 2.31. The van der Waals surface area contributed by atoms with E-state index in [2.05, 4.69) is 37.8 Å². The van der Waals surface area contributed by atoms with Crippen LogP contribution in [0.2, 0.25) is 0 Å². The lowest BCUT2D eigenvalue weighted by atomic mass is 10.0. The molecule has 3 rings (SSSR count). The lowest BCUT2D eigenvalue weighted by molar-refractivity contribution is -0.130. The molecule has 27 heavy (non-hydrogen) atoms. The zero-order valence-electron chi connectivity index (χ0n) is 16.9. The van der Waals surface area contributed by atoms with Crippen LogP contribution in [0.5, 0.6) is 0 Å². The third-order valence-corrected chi connectivity index (χ3v) is 5.18. The molecule has 1 aliphatic heterocycles. The lowest BCUT2D eigenvalue weighted by Gasteiger charge is -2.27. The SMILES string of the molecule is CCC(=O)N1CCCN(c2nc(-c3ccccc3)nc(C)c2C(C)C)CC1. The summed E-state index contributed by atoms with van der Waals surface area (Å²) < 4.78 is 0. The molecule has 0 unspecified atom stereocenters. The number of carbonyl (C=O) groups excluding carboxylic acids is 1. The molecule has 1 amide bonds. The number of benzene rings is 1. The van der Waals surface area contributed by atoms with Crippen molar-refractivity contribution >= 4 is 11.7 Å². The molecule has 0 aliphatic carbocycles.